The summed E-state index contributed by atoms with van der Waals surface area (Å²) >= 11 is 12.7. The molecule has 1 amide bonds. The van der Waals surface area contributed by atoms with E-state index in [9.17, 15) is 9.18 Å². The third-order valence-corrected chi connectivity index (χ3v) is 9.35. The molecule has 0 aromatic heterocycles. The molecule has 0 radical (unpaired) electrons. The summed E-state index contributed by atoms with van der Waals surface area (Å²) in [6.07, 6.45) is 7.04. The summed E-state index contributed by atoms with van der Waals surface area (Å²) in [5.41, 5.74) is 3.78. The van der Waals surface area contributed by atoms with Crippen molar-refractivity contribution in [3.8, 4) is 0 Å². The Hall–Kier alpha value is -1.66. The van der Waals surface area contributed by atoms with Crippen LogP contribution in [0.15, 0.2) is 42.5 Å². The molecule has 3 heterocycles. The fourth-order valence-corrected chi connectivity index (χ4v) is 7.03. The molecule has 3 fully saturated rings. The summed E-state index contributed by atoms with van der Waals surface area (Å²) in [4.78, 5) is 20.7. The summed E-state index contributed by atoms with van der Waals surface area (Å²) in [6.45, 7) is 5.85. The van der Waals surface area contributed by atoms with Crippen LogP contribution >= 0.6 is 23.2 Å². The predicted molar refractivity (Wildman–Crippen MR) is 154 cm³/mol. The zero-order valence-corrected chi connectivity index (χ0v) is 23.8. The number of likely N-dealkylation sites (tertiary alicyclic amines) is 3. The summed E-state index contributed by atoms with van der Waals surface area (Å²) in [5.74, 6) is 0.696. The minimum absolute atomic E-state index is 0.183. The molecule has 0 bridgehead atoms. The Kier molecular flexibility index (Phi) is 9.64. The van der Waals surface area contributed by atoms with Gasteiger partial charge in [-0.1, -0.05) is 60.0 Å². The third-order valence-electron chi connectivity index (χ3n) is 8.76. The number of nitrogens with zero attached hydrogens (tertiary/aromatic N) is 3. The van der Waals surface area contributed by atoms with Crippen LogP contribution in [0.1, 0.15) is 61.1 Å². The lowest BCUT2D eigenvalue weighted by atomic mass is 9.85. The molecule has 2 aromatic carbocycles. The van der Waals surface area contributed by atoms with Gasteiger partial charge in [-0.05, 0) is 92.8 Å². The molecule has 0 unspecified atom stereocenters. The van der Waals surface area contributed by atoms with Gasteiger partial charge in [-0.3, -0.25) is 9.69 Å². The Balaban J connectivity index is 1.23. The molecular formula is C31H40Cl2FN3O. The smallest absolute Gasteiger partial charge is 0.240 e. The Bertz CT molecular complexity index is 1080. The summed E-state index contributed by atoms with van der Waals surface area (Å²) in [5, 5.41) is 1.26. The van der Waals surface area contributed by atoms with Gasteiger partial charge in [-0.25, -0.2) is 4.39 Å². The van der Waals surface area contributed by atoms with Crippen LogP contribution in [0.3, 0.4) is 0 Å². The first kappa shape index (κ1) is 27.9. The molecule has 3 aliphatic rings. The van der Waals surface area contributed by atoms with Crippen molar-refractivity contribution < 1.29 is 9.18 Å². The first-order valence-corrected chi connectivity index (χ1v) is 15.1. The number of amides is 1. The molecule has 0 saturated carbocycles. The van der Waals surface area contributed by atoms with Gasteiger partial charge in [0.15, 0.2) is 0 Å². The highest BCUT2D eigenvalue weighted by atomic mass is 35.5. The van der Waals surface area contributed by atoms with Crippen LogP contribution < -0.4 is 0 Å². The minimum Gasteiger partial charge on any atom is -0.341 e. The van der Waals surface area contributed by atoms with Gasteiger partial charge < -0.3 is 9.80 Å². The van der Waals surface area contributed by atoms with E-state index in [-0.39, 0.29) is 11.9 Å². The Morgan fingerprint density at radius 1 is 0.921 bits per heavy atom. The number of hydrogen-bond acceptors (Lipinski definition) is 3. The van der Waals surface area contributed by atoms with Gasteiger partial charge in [0.05, 0.1) is 6.04 Å². The van der Waals surface area contributed by atoms with E-state index in [1.54, 1.807) is 6.07 Å². The lowest BCUT2D eigenvalue weighted by Crippen LogP contribution is -2.53. The van der Waals surface area contributed by atoms with Crippen LogP contribution in [-0.4, -0.2) is 78.6 Å². The number of carbonyl (C=O) groups excluding carboxylic acids is 1. The Morgan fingerprint density at radius 3 is 2.39 bits per heavy atom. The molecular weight excluding hydrogens is 520 g/mol. The predicted octanol–water partition coefficient (Wildman–Crippen LogP) is 6.38. The number of benzene rings is 2. The van der Waals surface area contributed by atoms with Crippen molar-refractivity contribution in [1.82, 2.24) is 14.7 Å². The lowest BCUT2D eigenvalue weighted by Gasteiger charge is -2.39. The second-order valence-corrected chi connectivity index (χ2v) is 12.1. The van der Waals surface area contributed by atoms with Gasteiger partial charge in [0.1, 0.15) is 6.17 Å². The van der Waals surface area contributed by atoms with Crippen molar-refractivity contribution in [1.29, 1.82) is 0 Å². The summed E-state index contributed by atoms with van der Waals surface area (Å²) < 4.78 is 13.6. The topological polar surface area (TPSA) is 26.8 Å². The van der Waals surface area contributed by atoms with Crippen LogP contribution in [0.2, 0.25) is 10.0 Å². The SMILES string of the molecule is O=C([C@@H](Cc1ccc(Cl)cc1Cl)N1CCCCC1)N1CCC(c2ccccc2CCN2CC[C@H](F)C2)CC1. The minimum atomic E-state index is -0.670. The van der Waals surface area contributed by atoms with E-state index < -0.39 is 6.17 Å². The molecule has 38 heavy (non-hydrogen) atoms. The molecule has 3 aliphatic heterocycles. The second kappa shape index (κ2) is 13.1. The molecule has 0 aliphatic carbocycles. The number of carbonyl (C=O) groups is 1. The third kappa shape index (κ3) is 6.91. The van der Waals surface area contributed by atoms with E-state index in [0.29, 0.717) is 35.3 Å². The molecule has 7 heteroatoms. The largest absolute Gasteiger partial charge is 0.341 e. The zero-order chi connectivity index (χ0) is 26.5. The number of piperidine rings is 2. The average Bonchev–Trinajstić information content (AvgIpc) is 3.37. The van der Waals surface area contributed by atoms with Crippen molar-refractivity contribution in [2.24, 2.45) is 0 Å². The van der Waals surface area contributed by atoms with Crippen molar-refractivity contribution in [3.63, 3.8) is 0 Å². The van der Waals surface area contributed by atoms with Crippen LogP contribution in [0, 0.1) is 0 Å². The normalized spacial score (nSPS) is 22.6. The number of hydrogen-bond donors (Lipinski definition) is 0. The van der Waals surface area contributed by atoms with E-state index in [1.807, 2.05) is 12.1 Å². The van der Waals surface area contributed by atoms with Gasteiger partial charge in [0, 0.05) is 42.8 Å². The van der Waals surface area contributed by atoms with E-state index in [4.69, 9.17) is 23.2 Å². The monoisotopic (exact) mass is 559 g/mol. The maximum atomic E-state index is 13.9. The first-order valence-electron chi connectivity index (χ1n) is 14.4. The summed E-state index contributed by atoms with van der Waals surface area (Å²) in [7, 11) is 0. The van der Waals surface area contributed by atoms with Crippen LogP contribution in [0.4, 0.5) is 4.39 Å². The van der Waals surface area contributed by atoms with Crippen molar-refractivity contribution in [2.75, 3.05) is 45.8 Å². The standard InChI is InChI=1S/C31H40Cl2FN3O/c32-26-9-8-25(29(33)21-26)20-30(36-14-4-1-5-15-36)31(38)37-18-11-24(12-19-37)28-7-3-2-6-23(28)10-16-35-17-13-27(34)22-35/h2-3,6-9,21,24,27,30H,1,4-5,10-20,22H2/t27-,30+/m0/s1. The first-order chi connectivity index (χ1) is 18.5. The molecule has 2 atom stereocenters. The average molecular weight is 561 g/mol. The zero-order valence-electron chi connectivity index (χ0n) is 22.3. The van der Waals surface area contributed by atoms with Gasteiger partial charge in [-0.2, -0.15) is 0 Å². The molecule has 206 valence electrons. The highest BCUT2D eigenvalue weighted by Gasteiger charge is 2.34. The summed E-state index contributed by atoms with van der Waals surface area (Å²) in [6, 6.07) is 14.2. The number of halogens is 3. The van der Waals surface area contributed by atoms with Gasteiger partial charge >= 0.3 is 0 Å². The Labute approximate surface area is 237 Å². The molecule has 4 nitrogen and oxygen atoms in total. The van der Waals surface area contributed by atoms with Gasteiger partial charge in [0.2, 0.25) is 5.91 Å². The van der Waals surface area contributed by atoms with E-state index >= 15 is 0 Å². The lowest BCUT2D eigenvalue weighted by molar-refractivity contribution is -0.138. The van der Waals surface area contributed by atoms with Crippen LogP contribution in [0.5, 0.6) is 0 Å². The molecule has 0 spiro atoms. The van der Waals surface area contributed by atoms with E-state index in [2.05, 4.69) is 39.0 Å². The van der Waals surface area contributed by atoms with Crippen LogP contribution in [-0.2, 0) is 17.6 Å². The number of rotatable bonds is 8. The number of alkyl halides is 1. The quantitative estimate of drug-likeness (QED) is 0.375. The molecule has 3 saturated heterocycles. The van der Waals surface area contributed by atoms with Gasteiger partial charge in [-0.15, -0.1) is 0 Å². The van der Waals surface area contributed by atoms with Gasteiger partial charge in [0.25, 0.3) is 0 Å². The molecule has 2 aromatic rings. The fourth-order valence-electron chi connectivity index (χ4n) is 6.55. The van der Waals surface area contributed by atoms with Crippen molar-refractivity contribution in [2.45, 2.75) is 69.5 Å². The van der Waals surface area contributed by atoms with E-state index in [0.717, 1.165) is 76.9 Å². The second-order valence-electron chi connectivity index (χ2n) is 11.3. The highest BCUT2D eigenvalue weighted by molar-refractivity contribution is 6.35. The fraction of sp³-hybridized carbons (Fsp3) is 0.581. The van der Waals surface area contributed by atoms with Crippen LogP contribution in [0.25, 0.3) is 0 Å². The highest BCUT2D eigenvalue weighted by Crippen LogP contribution is 2.32. The molecule has 5 rings (SSSR count). The van der Waals surface area contributed by atoms with E-state index in [1.165, 1.54) is 17.5 Å². The van der Waals surface area contributed by atoms with Crippen molar-refractivity contribution >= 4 is 29.1 Å². The Morgan fingerprint density at radius 2 is 1.68 bits per heavy atom. The molecule has 0 N–H and O–H groups in total. The maximum absolute atomic E-state index is 13.9. The maximum Gasteiger partial charge on any atom is 0.240 e. The van der Waals surface area contributed by atoms with Crippen molar-refractivity contribution in [3.05, 3.63) is 69.2 Å².